The van der Waals surface area contributed by atoms with Gasteiger partial charge in [-0.25, -0.2) is 15.0 Å². The molecular formula is C51H41N3. The van der Waals surface area contributed by atoms with E-state index in [0.29, 0.717) is 5.92 Å². The molecule has 2 aliphatic rings. The van der Waals surface area contributed by atoms with Gasteiger partial charge in [-0.1, -0.05) is 159 Å². The van der Waals surface area contributed by atoms with Crippen molar-refractivity contribution in [3.05, 3.63) is 192 Å². The van der Waals surface area contributed by atoms with Crippen LogP contribution in [0, 0.1) is 0 Å². The number of nitrogens with zero attached hydrogens (tertiary/aromatic N) is 3. The SMILES string of the molecule is CC(C)c1cc(-c2ccc(C3=CCCC(c4cc(-c5ccccc5)cc(-c5ccccc5)n4)=C3)cc2)nc2c3c(ccc12)C=CCC(c1ccccc1)=N3. The van der Waals surface area contributed by atoms with Gasteiger partial charge < -0.3 is 0 Å². The van der Waals surface area contributed by atoms with E-state index in [1.165, 1.54) is 38.8 Å². The van der Waals surface area contributed by atoms with Gasteiger partial charge in [0.15, 0.2) is 0 Å². The fraction of sp³-hybridized carbons (Fsp3) is 0.118. The summed E-state index contributed by atoms with van der Waals surface area (Å²) >= 11 is 0. The molecule has 3 heterocycles. The predicted molar refractivity (Wildman–Crippen MR) is 228 cm³/mol. The maximum atomic E-state index is 5.36. The Morgan fingerprint density at radius 3 is 1.91 bits per heavy atom. The number of pyridine rings is 2. The van der Waals surface area contributed by atoms with Gasteiger partial charge in [-0.3, -0.25) is 0 Å². The van der Waals surface area contributed by atoms with Gasteiger partial charge in [0.05, 0.1) is 34.0 Å². The Bertz CT molecular complexity index is 2550. The van der Waals surface area contributed by atoms with Crippen molar-refractivity contribution in [3.8, 4) is 33.6 Å². The van der Waals surface area contributed by atoms with Crippen LogP contribution < -0.4 is 0 Å². The zero-order valence-electron chi connectivity index (χ0n) is 30.7. The van der Waals surface area contributed by atoms with Crippen LogP contribution >= 0.6 is 0 Å². The van der Waals surface area contributed by atoms with Crippen LogP contribution in [0.2, 0.25) is 0 Å². The van der Waals surface area contributed by atoms with Crippen LogP contribution in [0.25, 0.3) is 61.8 Å². The lowest BCUT2D eigenvalue weighted by molar-refractivity contribution is 0.875. The minimum absolute atomic E-state index is 0.331. The molecule has 0 bridgehead atoms. The maximum Gasteiger partial charge on any atom is 0.0975 e. The molecule has 0 atom stereocenters. The van der Waals surface area contributed by atoms with Gasteiger partial charge in [-0.05, 0) is 82.0 Å². The van der Waals surface area contributed by atoms with Crippen molar-refractivity contribution in [1.29, 1.82) is 0 Å². The van der Waals surface area contributed by atoms with E-state index in [1.807, 2.05) is 0 Å². The van der Waals surface area contributed by atoms with Crippen molar-refractivity contribution in [2.45, 2.75) is 39.0 Å². The number of allylic oxidation sites excluding steroid dienone is 5. The Balaban J connectivity index is 1.08. The van der Waals surface area contributed by atoms with E-state index in [2.05, 4.69) is 184 Å². The summed E-state index contributed by atoms with van der Waals surface area (Å²) in [5.41, 5.74) is 17.8. The van der Waals surface area contributed by atoms with E-state index in [9.17, 15) is 0 Å². The summed E-state index contributed by atoms with van der Waals surface area (Å²) in [7, 11) is 0. The van der Waals surface area contributed by atoms with E-state index in [4.69, 9.17) is 15.0 Å². The first-order chi connectivity index (χ1) is 26.6. The summed E-state index contributed by atoms with van der Waals surface area (Å²) in [6, 6.07) is 51.7. The summed E-state index contributed by atoms with van der Waals surface area (Å²) < 4.78 is 0. The molecule has 54 heavy (non-hydrogen) atoms. The summed E-state index contributed by atoms with van der Waals surface area (Å²) in [4.78, 5) is 15.9. The van der Waals surface area contributed by atoms with Gasteiger partial charge >= 0.3 is 0 Å². The number of aliphatic imine (C=N–C) groups is 1. The molecule has 3 heteroatoms. The van der Waals surface area contributed by atoms with Gasteiger partial charge in [-0.15, -0.1) is 0 Å². The molecule has 7 aromatic rings. The predicted octanol–water partition coefficient (Wildman–Crippen LogP) is 13.6. The molecule has 0 unspecified atom stereocenters. The fourth-order valence-corrected chi connectivity index (χ4v) is 7.68. The minimum Gasteiger partial charge on any atom is -0.250 e. The molecule has 0 N–H and O–H groups in total. The number of rotatable bonds is 7. The lowest BCUT2D eigenvalue weighted by Gasteiger charge is -2.17. The standard InChI is InChI=1S/C51H41N3/c1-34(2)45-33-49(54-51-44(45)29-28-40-20-13-23-46(53-50(40)51)37-16-8-4-9-17-37)39-26-24-36(25-27-39)41-21-12-22-42(30-41)48-32-43(35-14-6-3-7-15-35)31-47(52-48)38-18-10-5-11-19-38/h3-11,13-21,24-34H,12,22-23H2,1-2H3. The van der Waals surface area contributed by atoms with Crippen molar-refractivity contribution in [2.75, 3.05) is 0 Å². The molecule has 0 fully saturated rings. The molecule has 0 radical (unpaired) electrons. The monoisotopic (exact) mass is 695 g/mol. The highest BCUT2D eigenvalue weighted by atomic mass is 14.8. The van der Waals surface area contributed by atoms with Crippen LogP contribution in [0.5, 0.6) is 0 Å². The summed E-state index contributed by atoms with van der Waals surface area (Å²) in [5, 5.41) is 1.17. The number of fused-ring (bicyclic) bond motifs is 3. The minimum atomic E-state index is 0.331. The first-order valence-electron chi connectivity index (χ1n) is 19.0. The van der Waals surface area contributed by atoms with Gasteiger partial charge in [0.2, 0.25) is 0 Å². The molecule has 2 aromatic heterocycles. The van der Waals surface area contributed by atoms with Crippen molar-refractivity contribution in [3.63, 3.8) is 0 Å². The average molecular weight is 696 g/mol. The van der Waals surface area contributed by atoms with E-state index < -0.39 is 0 Å². The first kappa shape index (κ1) is 33.4. The normalized spacial score (nSPS) is 13.9. The zero-order valence-corrected chi connectivity index (χ0v) is 30.7. The third-order valence-corrected chi connectivity index (χ3v) is 10.6. The van der Waals surface area contributed by atoms with E-state index in [0.717, 1.165) is 75.5 Å². The second-order valence-electron chi connectivity index (χ2n) is 14.5. The Hall–Kier alpha value is -6.45. The first-order valence-corrected chi connectivity index (χ1v) is 19.0. The highest BCUT2D eigenvalue weighted by Crippen LogP contribution is 2.39. The van der Waals surface area contributed by atoms with E-state index >= 15 is 0 Å². The molecule has 0 saturated heterocycles. The molecule has 1 aliphatic carbocycles. The van der Waals surface area contributed by atoms with Gasteiger partial charge in [-0.2, -0.15) is 0 Å². The largest absolute Gasteiger partial charge is 0.250 e. The second-order valence-corrected chi connectivity index (χ2v) is 14.5. The summed E-state index contributed by atoms with van der Waals surface area (Å²) in [6.45, 7) is 4.52. The molecule has 3 nitrogen and oxygen atoms in total. The summed E-state index contributed by atoms with van der Waals surface area (Å²) in [5.74, 6) is 0.331. The van der Waals surface area contributed by atoms with Gasteiger partial charge in [0.1, 0.15) is 0 Å². The van der Waals surface area contributed by atoms with Crippen LogP contribution in [0.4, 0.5) is 5.69 Å². The quantitative estimate of drug-likeness (QED) is 0.166. The summed E-state index contributed by atoms with van der Waals surface area (Å²) in [6.07, 6.45) is 11.8. The lowest BCUT2D eigenvalue weighted by atomic mass is 9.90. The Morgan fingerprint density at radius 2 is 1.19 bits per heavy atom. The molecule has 9 rings (SSSR count). The number of benzene rings is 5. The molecular weight excluding hydrogens is 655 g/mol. The van der Waals surface area contributed by atoms with Crippen molar-refractivity contribution >= 4 is 39.5 Å². The average Bonchev–Trinajstić information content (AvgIpc) is 3.47. The Kier molecular flexibility index (Phi) is 8.98. The Labute approximate surface area is 317 Å². The molecule has 0 amide bonds. The molecule has 0 spiro atoms. The highest BCUT2D eigenvalue weighted by molar-refractivity contribution is 6.08. The maximum absolute atomic E-state index is 5.36. The molecule has 260 valence electrons. The zero-order chi connectivity index (χ0) is 36.4. The van der Waals surface area contributed by atoms with Crippen LogP contribution in [-0.4, -0.2) is 15.7 Å². The third-order valence-electron chi connectivity index (χ3n) is 10.6. The number of hydrogen-bond donors (Lipinski definition) is 0. The molecule has 5 aromatic carbocycles. The van der Waals surface area contributed by atoms with Gasteiger partial charge in [0, 0.05) is 28.5 Å². The molecule has 0 saturated carbocycles. The lowest BCUT2D eigenvalue weighted by Crippen LogP contribution is -1.99. The number of hydrogen-bond acceptors (Lipinski definition) is 3. The van der Waals surface area contributed by atoms with Crippen LogP contribution in [0.15, 0.2) is 169 Å². The Morgan fingerprint density at radius 1 is 0.556 bits per heavy atom. The van der Waals surface area contributed by atoms with Crippen molar-refractivity contribution < 1.29 is 0 Å². The highest BCUT2D eigenvalue weighted by Gasteiger charge is 2.19. The topological polar surface area (TPSA) is 38.1 Å². The molecule has 1 aliphatic heterocycles. The number of aromatic nitrogens is 2. The fourth-order valence-electron chi connectivity index (χ4n) is 7.68. The van der Waals surface area contributed by atoms with Crippen molar-refractivity contribution in [1.82, 2.24) is 9.97 Å². The van der Waals surface area contributed by atoms with Gasteiger partial charge in [0.25, 0.3) is 0 Å². The van der Waals surface area contributed by atoms with Crippen molar-refractivity contribution in [2.24, 2.45) is 4.99 Å². The smallest absolute Gasteiger partial charge is 0.0975 e. The van der Waals surface area contributed by atoms with Crippen LogP contribution in [0.3, 0.4) is 0 Å². The van der Waals surface area contributed by atoms with Crippen LogP contribution in [0.1, 0.15) is 67.0 Å². The van der Waals surface area contributed by atoms with Crippen LogP contribution in [-0.2, 0) is 0 Å². The second kappa shape index (κ2) is 14.5. The third kappa shape index (κ3) is 6.66. The van der Waals surface area contributed by atoms with E-state index in [1.54, 1.807) is 0 Å². The van der Waals surface area contributed by atoms with E-state index in [-0.39, 0.29) is 0 Å².